The average molecular weight is 376 g/mol. The molecule has 0 aliphatic rings. The molecule has 4 nitrogen and oxygen atoms in total. The van der Waals surface area contributed by atoms with E-state index in [0.29, 0.717) is 17.2 Å². The maximum absolute atomic E-state index is 12.1. The van der Waals surface area contributed by atoms with Gasteiger partial charge in [0.15, 0.2) is 0 Å². The van der Waals surface area contributed by atoms with Crippen LogP contribution in [0.5, 0.6) is 5.75 Å². The van der Waals surface area contributed by atoms with E-state index in [1.807, 2.05) is 6.92 Å². The molecule has 1 aromatic carbocycles. The molecule has 1 heterocycles. The molecular weight excluding hydrogens is 362 g/mol. The van der Waals surface area contributed by atoms with Gasteiger partial charge in [0.25, 0.3) is 0 Å². The molecule has 7 heteroatoms. The number of hydrogen-bond acceptors (Lipinski definition) is 4. The van der Waals surface area contributed by atoms with Crippen LogP contribution in [-0.2, 0) is 16.4 Å². The number of aryl methyl sites for hydroxylation is 1. The van der Waals surface area contributed by atoms with E-state index in [2.05, 4.69) is 20.7 Å². The average Bonchev–Trinajstić information content (AvgIpc) is 2.73. The fourth-order valence-electron chi connectivity index (χ4n) is 1.63. The summed E-state index contributed by atoms with van der Waals surface area (Å²) in [7, 11) is -3.45. The predicted octanol–water partition coefficient (Wildman–Crippen LogP) is 3.05. The largest absolute Gasteiger partial charge is 0.508 e. The van der Waals surface area contributed by atoms with Crippen LogP contribution in [0.3, 0.4) is 0 Å². The second-order valence-electron chi connectivity index (χ2n) is 4.34. The van der Waals surface area contributed by atoms with Crippen molar-refractivity contribution < 1.29 is 13.5 Å². The normalized spacial score (nSPS) is 11.7. The molecule has 0 spiro atoms. The van der Waals surface area contributed by atoms with Crippen LogP contribution in [0.1, 0.15) is 11.1 Å². The van der Waals surface area contributed by atoms with E-state index in [0.717, 1.165) is 14.9 Å². The molecule has 0 bridgehead atoms. The summed E-state index contributed by atoms with van der Waals surface area (Å²) in [5.74, 6) is 0.202. The SMILES string of the molecule is Cc1cc(S(=O)(=O)NCCc2ccc(O)cc2)sc1Br. The molecule has 1 aromatic heterocycles. The Morgan fingerprint density at radius 1 is 1.30 bits per heavy atom. The summed E-state index contributed by atoms with van der Waals surface area (Å²) in [4.78, 5) is 0. The van der Waals surface area contributed by atoms with Gasteiger partial charge >= 0.3 is 0 Å². The zero-order valence-corrected chi connectivity index (χ0v) is 14.0. The van der Waals surface area contributed by atoms with E-state index in [-0.39, 0.29) is 5.75 Å². The lowest BCUT2D eigenvalue weighted by Crippen LogP contribution is -2.25. The van der Waals surface area contributed by atoms with Crippen molar-refractivity contribution in [1.82, 2.24) is 4.72 Å². The molecule has 108 valence electrons. The third kappa shape index (κ3) is 3.82. The Labute approximate surface area is 130 Å². The third-order valence-electron chi connectivity index (χ3n) is 2.74. The molecule has 0 radical (unpaired) electrons. The van der Waals surface area contributed by atoms with Gasteiger partial charge in [-0.15, -0.1) is 11.3 Å². The number of nitrogens with one attached hydrogen (secondary N) is 1. The van der Waals surface area contributed by atoms with Gasteiger partial charge in [-0.2, -0.15) is 0 Å². The first kappa shape index (κ1) is 15.5. The van der Waals surface area contributed by atoms with Gasteiger partial charge in [0, 0.05) is 6.54 Å². The molecule has 2 aromatic rings. The first-order valence-electron chi connectivity index (χ1n) is 5.92. The lowest BCUT2D eigenvalue weighted by molar-refractivity contribution is 0.475. The molecule has 0 atom stereocenters. The van der Waals surface area contributed by atoms with Gasteiger partial charge in [0.1, 0.15) is 9.96 Å². The minimum absolute atomic E-state index is 0.202. The molecule has 0 aliphatic carbocycles. The van der Waals surface area contributed by atoms with Gasteiger partial charge in [-0.25, -0.2) is 13.1 Å². The first-order valence-corrected chi connectivity index (χ1v) is 9.01. The topological polar surface area (TPSA) is 66.4 Å². The summed E-state index contributed by atoms with van der Waals surface area (Å²) in [5, 5.41) is 9.17. The Morgan fingerprint density at radius 2 is 1.95 bits per heavy atom. The highest BCUT2D eigenvalue weighted by Gasteiger charge is 2.17. The van der Waals surface area contributed by atoms with Crippen LogP contribution in [-0.4, -0.2) is 20.1 Å². The maximum Gasteiger partial charge on any atom is 0.250 e. The number of rotatable bonds is 5. The molecule has 0 saturated carbocycles. The van der Waals surface area contributed by atoms with Crippen LogP contribution in [0.25, 0.3) is 0 Å². The molecule has 2 N–H and O–H groups in total. The summed E-state index contributed by atoms with van der Waals surface area (Å²) in [5.41, 5.74) is 1.88. The van der Waals surface area contributed by atoms with E-state index in [1.165, 1.54) is 11.3 Å². The van der Waals surface area contributed by atoms with Gasteiger partial charge < -0.3 is 5.11 Å². The van der Waals surface area contributed by atoms with Crippen LogP contribution >= 0.6 is 27.3 Å². The monoisotopic (exact) mass is 375 g/mol. The van der Waals surface area contributed by atoms with Crippen molar-refractivity contribution in [2.75, 3.05) is 6.54 Å². The molecule has 2 rings (SSSR count). The summed E-state index contributed by atoms with van der Waals surface area (Å²) in [6.45, 7) is 2.18. The Balaban J connectivity index is 1.97. The first-order chi connectivity index (χ1) is 9.38. The molecule has 20 heavy (non-hydrogen) atoms. The van der Waals surface area contributed by atoms with E-state index in [9.17, 15) is 13.5 Å². The van der Waals surface area contributed by atoms with Crippen molar-refractivity contribution in [2.24, 2.45) is 0 Å². The lowest BCUT2D eigenvalue weighted by Gasteiger charge is -2.05. The zero-order valence-electron chi connectivity index (χ0n) is 10.8. The predicted molar refractivity (Wildman–Crippen MR) is 83.8 cm³/mol. The highest BCUT2D eigenvalue weighted by molar-refractivity contribution is 9.11. The molecule has 0 amide bonds. The standard InChI is InChI=1S/C13H14BrNO3S2/c1-9-8-12(19-13(9)14)20(17,18)15-7-6-10-2-4-11(16)5-3-10/h2-5,8,15-16H,6-7H2,1H3. The van der Waals surface area contributed by atoms with Gasteiger partial charge in [0.05, 0.1) is 3.79 Å². The van der Waals surface area contributed by atoms with Gasteiger partial charge in [-0.05, 0) is 58.6 Å². The fourth-order valence-corrected chi connectivity index (χ4v) is 4.93. The molecule has 0 saturated heterocycles. The van der Waals surface area contributed by atoms with Gasteiger partial charge in [-0.3, -0.25) is 0 Å². The summed E-state index contributed by atoms with van der Waals surface area (Å²) in [6.07, 6.45) is 0.574. The van der Waals surface area contributed by atoms with E-state index in [4.69, 9.17) is 0 Å². The number of sulfonamides is 1. The van der Waals surface area contributed by atoms with Crippen molar-refractivity contribution in [1.29, 1.82) is 0 Å². The van der Waals surface area contributed by atoms with Crippen LogP contribution in [0.2, 0.25) is 0 Å². The summed E-state index contributed by atoms with van der Waals surface area (Å²) >= 11 is 4.53. The zero-order chi connectivity index (χ0) is 14.8. The number of phenols is 1. The molecular formula is C13H14BrNO3S2. The number of benzene rings is 1. The van der Waals surface area contributed by atoms with E-state index in [1.54, 1.807) is 30.3 Å². The van der Waals surface area contributed by atoms with Crippen LogP contribution in [0.15, 0.2) is 38.3 Å². The Hall–Kier alpha value is -0.890. The van der Waals surface area contributed by atoms with Crippen molar-refractivity contribution in [3.05, 3.63) is 45.2 Å². The second-order valence-corrected chi connectivity index (χ2v) is 8.70. The number of hydrogen-bond donors (Lipinski definition) is 2. The maximum atomic E-state index is 12.1. The van der Waals surface area contributed by atoms with Crippen molar-refractivity contribution in [3.63, 3.8) is 0 Å². The minimum Gasteiger partial charge on any atom is -0.508 e. The number of halogens is 1. The quantitative estimate of drug-likeness (QED) is 0.843. The molecule has 0 fully saturated rings. The minimum atomic E-state index is -3.45. The van der Waals surface area contributed by atoms with E-state index >= 15 is 0 Å². The highest BCUT2D eigenvalue weighted by Crippen LogP contribution is 2.30. The number of thiophene rings is 1. The van der Waals surface area contributed by atoms with Crippen molar-refractivity contribution >= 4 is 37.3 Å². The Bertz CT molecular complexity index is 673. The fraction of sp³-hybridized carbons (Fsp3) is 0.231. The smallest absolute Gasteiger partial charge is 0.250 e. The number of phenolic OH excluding ortho intramolecular Hbond substituents is 1. The Kier molecular flexibility index (Phi) is 4.85. The van der Waals surface area contributed by atoms with Crippen LogP contribution in [0, 0.1) is 6.92 Å². The van der Waals surface area contributed by atoms with Crippen molar-refractivity contribution in [2.45, 2.75) is 17.6 Å². The van der Waals surface area contributed by atoms with Crippen LogP contribution in [0.4, 0.5) is 0 Å². The Morgan fingerprint density at radius 3 is 2.50 bits per heavy atom. The number of aromatic hydroxyl groups is 1. The summed E-state index contributed by atoms with van der Waals surface area (Å²) < 4.78 is 27.9. The highest BCUT2D eigenvalue weighted by atomic mass is 79.9. The van der Waals surface area contributed by atoms with Gasteiger partial charge in [-0.1, -0.05) is 12.1 Å². The molecule has 0 aliphatic heterocycles. The second kappa shape index (κ2) is 6.26. The molecule has 0 unspecified atom stereocenters. The lowest BCUT2D eigenvalue weighted by atomic mass is 10.1. The van der Waals surface area contributed by atoms with Gasteiger partial charge in [0.2, 0.25) is 10.0 Å². The third-order valence-corrected chi connectivity index (χ3v) is 6.81. The summed E-state index contributed by atoms with van der Waals surface area (Å²) in [6, 6.07) is 8.37. The van der Waals surface area contributed by atoms with Crippen molar-refractivity contribution in [3.8, 4) is 5.75 Å². The van der Waals surface area contributed by atoms with Crippen LogP contribution < -0.4 is 4.72 Å². The van der Waals surface area contributed by atoms with E-state index < -0.39 is 10.0 Å².